The van der Waals surface area contributed by atoms with Crippen molar-refractivity contribution in [1.82, 2.24) is 4.98 Å². The van der Waals surface area contributed by atoms with Gasteiger partial charge in [-0.1, -0.05) is 36.4 Å². The van der Waals surface area contributed by atoms with Gasteiger partial charge in [0, 0.05) is 11.8 Å². The standard InChI is InChI=1S/C16H11NO2/c18-14-8-10-5-6-12-11-4-2-1-3-9(11)7-13(12)15(10)17-16(14)19/h1-6,8,18H,7H2,(H,17,19). The first-order valence-electron chi connectivity index (χ1n) is 6.20. The lowest BCUT2D eigenvalue weighted by Crippen LogP contribution is -2.05. The van der Waals surface area contributed by atoms with Crippen LogP contribution in [0.3, 0.4) is 0 Å². The van der Waals surface area contributed by atoms with Crippen molar-refractivity contribution in [3.05, 3.63) is 63.9 Å². The smallest absolute Gasteiger partial charge is 0.290 e. The summed E-state index contributed by atoms with van der Waals surface area (Å²) in [7, 11) is 0. The van der Waals surface area contributed by atoms with Gasteiger partial charge in [-0.25, -0.2) is 0 Å². The largest absolute Gasteiger partial charge is 0.503 e. The molecule has 19 heavy (non-hydrogen) atoms. The molecule has 2 N–H and O–H groups in total. The maximum Gasteiger partial charge on any atom is 0.290 e. The lowest BCUT2D eigenvalue weighted by molar-refractivity contribution is 0.468. The van der Waals surface area contributed by atoms with Crippen molar-refractivity contribution in [2.24, 2.45) is 0 Å². The second-order valence-electron chi connectivity index (χ2n) is 4.87. The Kier molecular flexibility index (Phi) is 1.90. The van der Waals surface area contributed by atoms with Crippen LogP contribution in [0.4, 0.5) is 0 Å². The van der Waals surface area contributed by atoms with Gasteiger partial charge in [-0.2, -0.15) is 0 Å². The van der Waals surface area contributed by atoms with Crippen LogP contribution in [0.2, 0.25) is 0 Å². The number of pyridine rings is 1. The van der Waals surface area contributed by atoms with E-state index >= 15 is 0 Å². The molecule has 0 unspecified atom stereocenters. The molecule has 0 atom stereocenters. The molecular formula is C16H11NO2. The number of aromatic amines is 1. The van der Waals surface area contributed by atoms with E-state index in [4.69, 9.17) is 0 Å². The zero-order chi connectivity index (χ0) is 13.0. The first-order chi connectivity index (χ1) is 9.24. The molecule has 92 valence electrons. The van der Waals surface area contributed by atoms with E-state index in [1.165, 1.54) is 22.8 Å². The number of hydrogen-bond acceptors (Lipinski definition) is 2. The van der Waals surface area contributed by atoms with Crippen LogP contribution in [0.5, 0.6) is 5.75 Å². The highest BCUT2D eigenvalue weighted by Crippen LogP contribution is 2.39. The van der Waals surface area contributed by atoms with Crippen LogP contribution in [0, 0.1) is 0 Å². The Hall–Kier alpha value is -2.55. The minimum absolute atomic E-state index is 0.233. The van der Waals surface area contributed by atoms with E-state index in [0.717, 1.165) is 22.9 Å². The van der Waals surface area contributed by atoms with Gasteiger partial charge in [-0.05, 0) is 28.3 Å². The summed E-state index contributed by atoms with van der Waals surface area (Å²) in [4.78, 5) is 14.4. The Morgan fingerprint density at radius 3 is 2.79 bits per heavy atom. The molecule has 1 aromatic heterocycles. The predicted octanol–water partition coefficient (Wildman–Crippen LogP) is 2.80. The zero-order valence-corrected chi connectivity index (χ0v) is 10.1. The molecule has 1 aliphatic carbocycles. The molecule has 0 spiro atoms. The Balaban J connectivity index is 2.11. The Labute approximate surface area is 109 Å². The minimum Gasteiger partial charge on any atom is -0.503 e. The van der Waals surface area contributed by atoms with Crippen LogP contribution < -0.4 is 5.56 Å². The lowest BCUT2D eigenvalue weighted by Gasteiger charge is -2.05. The van der Waals surface area contributed by atoms with Crippen LogP contribution in [0.15, 0.2) is 47.3 Å². The summed E-state index contributed by atoms with van der Waals surface area (Å²) in [6.45, 7) is 0. The number of fused-ring (bicyclic) bond motifs is 5. The molecule has 0 saturated carbocycles. The van der Waals surface area contributed by atoms with Crippen LogP contribution in [0.1, 0.15) is 11.1 Å². The summed E-state index contributed by atoms with van der Waals surface area (Å²) < 4.78 is 0. The molecule has 0 fully saturated rings. The van der Waals surface area contributed by atoms with Gasteiger partial charge >= 0.3 is 0 Å². The number of rotatable bonds is 0. The fraction of sp³-hybridized carbons (Fsp3) is 0.0625. The number of H-pyrrole nitrogens is 1. The molecule has 1 aliphatic rings. The quantitative estimate of drug-likeness (QED) is 0.503. The molecule has 0 amide bonds. The van der Waals surface area contributed by atoms with Gasteiger partial charge in [0.1, 0.15) is 0 Å². The van der Waals surface area contributed by atoms with E-state index in [9.17, 15) is 9.90 Å². The SMILES string of the molecule is O=c1[nH]c2c3c(ccc2cc1O)-c1ccccc1C3. The number of hydrogen-bond donors (Lipinski definition) is 2. The van der Waals surface area contributed by atoms with Gasteiger partial charge in [-0.15, -0.1) is 0 Å². The van der Waals surface area contributed by atoms with Crippen molar-refractivity contribution in [1.29, 1.82) is 0 Å². The fourth-order valence-electron chi connectivity index (χ4n) is 2.89. The molecule has 4 rings (SSSR count). The lowest BCUT2D eigenvalue weighted by atomic mass is 10.0. The van der Waals surface area contributed by atoms with Crippen molar-refractivity contribution >= 4 is 10.9 Å². The third kappa shape index (κ3) is 1.35. The topological polar surface area (TPSA) is 53.1 Å². The molecule has 3 aromatic rings. The van der Waals surface area contributed by atoms with Gasteiger partial charge in [0.2, 0.25) is 0 Å². The second-order valence-corrected chi connectivity index (χ2v) is 4.87. The summed E-state index contributed by atoms with van der Waals surface area (Å²) >= 11 is 0. The highest BCUT2D eigenvalue weighted by molar-refractivity contribution is 5.93. The fourth-order valence-corrected chi connectivity index (χ4v) is 2.89. The van der Waals surface area contributed by atoms with Crippen molar-refractivity contribution in [3.63, 3.8) is 0 Å². The second kappa shape index (κ2) is 3.48. The van der Waals surface area contributed by atoms with Crippen LogP contribution >= 0.6 is 0 Å². The van der Waals surface area contributed by atoms with E-state index in [1.807, 2.05) is 18.2 Å². The van der Waals surface area contributed by atoms with Gasteiger partial charge in [0.25, 0.3) is 5.56 Å². The van der Waals surface area contributed by atoms with E-state index < -0.39 is 5.56 Å². The van der Waals surface area contributed by atoms with E-state index in [1.54, 1.807) is 0 Å². The average molecular weight is 249 g/mol. The number of aromatic hydroxyl groups is 1. The van der Waals surface area contributed by atoms with E-state index in [-0.39, 0.29) is 5.75 Å². The normalized spacial score (nSPS) is 12.4. The molecule has 2 aromatic carbocycles. The molecule has 0 radical (unpaired) electrons. The van der Waals surface area contributed by atoms with Crippen molar-refractivity contribution < 1.29 is 5.11 Å². The highest BCUT2D eigenvalue weighted by atomic mass is 16.3. The van der Waals surface area contributed by atoms with Crippen molar-refractivity contribution in [2.45, 2.75) is 6.42 Å². The maximum atomic E-state index is 11.6. The Morgan fingerprint density at radius 2 is 1.89 bits per heavy atom. The maximum absolute atomic E-state index is 11.6. The van der Waals surface area contributed by atoms with Crippen molar-refractivity contribution in [2.75, 3.05) is 0 Å². The first kappa shape index (κ1) is 10.4. The molecule has 0 saturated heterocycles. The summed E-state index contributed by atoms with van der Waals surface area (Å²) in [5, 5.41) is 10.4. The van der Waals surface area contributed by atoms with Crippen LogP contribution in [-0.2, 0) is 6.42 Å². The summed E-state index contributed by atoms with van der Waals surface area (Å²) in [6.07, 6.45) is 0.823. The third-order valence-corrected chi connectivity index (χ3v) is 3.78. The molecule has 1 heterocycles. The minimum atomic E-state index is -0.433. The molecule has 3 heteroatoms. The van der Waals surface area contributed by atoms with Crippen molar-refractivity contribution in [3.8, 4) is 16.9 Å². The molecule has 0 bridgehead atoms. The monoisotopic (exact) mass is 249 g/mol. The molecule has 3 nitrogen and oxygen atoms in total. The Bertz CT molecular complexity index is 878. The van der Waals surface area contributed by atoms with E-state index in [0.29, 0.717) is 0 Å². The predicted molar refractivity (Wildman–Crippen MR) is 74.5 cm³/mol. The first-order valence-corrected chi connectivity index (χ1v) is 6.20. The Morgan fingerprint density at radius 1 is 1.05 bits per heavy atom. The summed E-state index contributed by atoms with van der Waals surface area (Å²) in [6, 6.07) is 13.8. The zero-order valence-electron chi connectivity index (χ0n) is 10.1. The molecular weight excluding hydrogens is 238 g/mol. The van der Waals surface area contributed by atoms with Gasteiger partial charge in [0.15, 0.2) is 5.75 Å². The number of aromatic nitrogens is 1. The number of benzene rings is 2. The summed E-state index contributed by atoms with van der Waals surface area (Å²) in [5.41, 5.74) is 5.21. The summed E-state index contributed by atoms with van der Waals surface area (Å²) in [5.74, 6) is -0.233. The van der Waals surface area contributed by atoms with Gasteiger partial charge in [-0.3, -0.25) is 4.79 Å². The van der Waals surface area contributed by atoms with Crippen LogP contribution in [0.25, 0.3) is 22.0 Å². The van der Waals surface area contributed by atoms with Gasteiger partial charge < -0.3 is 10.1 Å². The third-order valence-electron chi connectivity index (χ3n) is 3.78. The van der Waals surface area contributed by atoms with Crippen LogP contribution in [-0.4, -0.2) is 10.1 Å². The number of nitrogens with one attached hydrogen (secondary N) is 1. The molecule has 0 aliphatic heterocycles. The average Bonchev–Trinajstić information content (AvgIpc) is 2.79. The van der Waals surface area contributed by atoms with Gasteiger partial charge in [0.05, 0.1) is 5.52 Å². The highest BCUT2D eigenvalue weighted by Gasteiger charge is 2.20. The van der Waals surface area contributed by atoms with E-state index in [2.05, 4.69) is 23.2 Å².